The van der Waals surface area contributed by atoms with Crippen LogP contribution in [0.4, 0.5) is 4.39 Å². The second kappa shape index (κ2) is 5.21. The molecule has 0 aliphatic heterocycles. The third-order valence-corrected chi connectivity index (χ3v) is 2.97. The Bertz CT molecular complexity index is 725. The number of benzene rings is 1. The molecule has 0 aliphatic carbocycles. The highest BCUT2D eigenvalue weighted by molar-refractivity contribution is 5.57. The molecule has 5 heteroatoms. The first-order chi connectivity index (χ1) is 9.72. The molecule has 0 saturated carbocycles. The number of hydrogen-bond donors (Lipinski definition) is 0. The summed E-state index contributed by atoms with van der Waals surface area (Å²) in [5.74, 6) is 0.708. The molecular weight excluding hydrogens is 257 g/mol. The van der Waals surface area contributed by atoms with E-state index >= 15 is 0 Å². The van der Waals surface area contributed by atoms with Crippen LogP contribution in [0.25, 0.3) is 11.5 Å². The topological polar surface area (TPSA) is 51.8 Å². The molecule has 0 N–H and O–H groups in total. The van der Waals surface area contributed by atoms with Gasteiger partial charge in [0.05, 0.1) is 0 Å². The van der Waals surface area contributed by atoms with Crippen LogP contribution >= 0.6 is 0 Å². The molecular formula is C15H12FN3O. The first-order valence-electron chi connectivity index (χ1n) is 6.20. The zero-order valence-corrected chi connectivity index (χ0v) is 10.9. The van der Waals surface area contributed by atoms with E-state index in [1.54, 1.807) is 18.5 Å². The Morgan fingerprint density at radius 2 is 2.15 bits per heavy atom. The van der Waals surface area contributed by atoms with Crippen molar-refractivity contribution in [3.05, 3.63) is 65.5 Å². The summed E-state index contributed by atoms with van der Waals surface area (Å²) in [6.07, 6.45) is 4.03. The SMILES string of the molecule is Cc1cc(F)ccc1-c1nc(Cc2cccnc2)no1. The van der Waals surface area contributed by atoms with E-state index in [1.807, 2.05) is 19.1 Å². The molecule has 0 atom stereocenters. The van der Waals surface area contributed by atoms with Crippen molar-refractivity contribution < 1.29 is 8.91 Å². The van der Waals surface area contributed by atoms with E-state index in [-0.39, 0.29) is 5.82 Å². The van der Waals surface area contributed by atoms with Crippen molar-refractivity contribution in [3.63, 3.8) is 0 Å². The van der Waals surface area contributed by atoms with Crippen molar-refractivity contribution in [1.82, 2.24) is 15.1 Å². The molecule has 20 heavy (non-hydrogen) atoms. The second-order valence-electron chi connectivity index (χ2n) is 4.51. The molecule has 3 aromatic rings. The standard InChI is InChI=1S/C15H12FN3O/c1-10-7-12(16)4-5-13(10)15-18-14(19-20-15)8-11-3-2-6-17-9-11/h2-7,9H,8H2,1H3. The number of nitrogens with zero attached hydrogens (tertiary/aromatic N) is 3. The van der Waals surface area contributed by atoms with E-state index in [0.29, 0.717) is 18.1 Å². The van der Waals surface area contributed by atoms with Gasteiger partial charge in [-0.1, -0.05) is 11.2 Å². The second-order valence-corrected chi connectivity index (χ2v) is 4.51. The lowest BCUT2D eigenvalue weighted by atomic mass is 10.1. The summed E-state index contributed by atoms with van der Waals surface area (Å²) in [6, 6.07) is 8.28. The van der Waals surface area contributed by atoms with Gasteiger partial charge in [-0.15, -0.1) is 0 Å². The van der Waals surface area contributed by atoms with Crippen molar-refractivity contribution in [2.45, 2.75) is 13.3 Å². The lowest BCUT2D eigenvalue weighted by Crippen LogP contribution is -1.91. The summed E-state index contributed by atoms with van der Waals surface area (Å²) in [4.78, 5) is 8.38. The molecule has 2 heterocycles. The van der Waals surface area contributed by atoms with E-state index in [2.05, 4.69) is 15.1 Å². The molecule has 0 aliphatic rings. The lowest BCUT2D eigenvalue weighted by Gasteiger charge is -1.99. The van der Waals surface area contributed by atoms with E-state index in [9.17, 15) is 4.39 Å². The first kappa shape index (κ1) is 12.5. The molecule has 0 amide bonds. The summed E-state index contributed by atoms with van der Waals surface area (Å²) < 4.78 is 18.3. The van der Waals surface area contributed by atoms with Crippen LogP contribution in [0.2, 0.25) is 0 Å². The molecule has 0 radical (unpaired) electrons. The minimum absolute atomic E-state index is 0.277. The lowest BCUT2D eigenvalue weighted by molar-refractivity contribution is 0.423. The predicted octanol–water partition coefficient (Wildman–Crippen LogP) is 3.17. The minimum Gasteiger partial charge on any atom is -0.334 e. The highest BCUT2D eigenvalue weighted by Crippen LogP contribution is 2.22. The van der Waals surface area contributed by atoms with Crippen LogP contribution in [0, 0.1) is 12.7 Å². The average molecular weight is 269 g/mol. The summed E-state index contributed by atoms with van der Waals surface area (Å²) in [7, 11) is 0. The zero-order chi connectivity index (χ0) is 13.9. The zero-order valence-electron chi connectivity index (χ0n) is 10.9. The van der Waals surface area contributed by atoms with Crippen molar-refractivity contribution in [2.75, 3.05) is 0 Å². The molecule has 0 bridgehead atoms. The quantitative estimate of drug-likeness (QED) is 0.732. The van der Waals surface area contributed by atoms with Crippen LogP contribution < -0.4 is 0 Å². The molecule has 4 nitrogen and oxygen atoms in total. The molecule has 2 aromatic heterocycles. The van der Waals surface area contributed by atoms with Gasteiger partial charge in [-0.3, -0.25) is 4.98 Å². The van der Waals surface area contributed by atoms with E-state index in [0.717, 1.165) is 16.7 Å². The molecule has 0 saturated heterocycles. The van der Waals surface area contributed by atoms with Crippen LogP contribution in [-0.2, 0) is 6.42 Å². The van der Waals surface area contributed by atoms with Crippen LogP contribution in [0.5, 0.6) is 0 Å². The maximum absolute atomic E-state index is 13.1. The number of aromatic nitrogens is 3. The Morgan fingerprint density at radius 3 is 2.90 bits per heavy atom. The highest BCUT2D eigenvalue weighted by Gasteiger charge is 2.12. The van der Waals surface area contributed by atoms with E-state index in [1.165, 1.54) is 12.1 Å². The van der Waals surface area contributed by atoms with Crippen molar-refractivity contribution in [2.24, 2.45) is 0 Å². The van der Waals surface area contributed by atoms with E-state index in [4.69, 9.17) is 4.52 Å². The summed E-state index contributed by atoms with van der Waals surface area (Å²) in [5.41, 5.74) is 2.52. The summed E-state index contributed by atoms with van der Waals surface area (Å²) in [5, 5.41) is 3.94. The summed E-state index contributed by atoms with van der Waals surface area (Å²) >= 11 is 0. The fraction of sp³-hybridized carbons (Fsp3) is 0.133. The minimum atomic E-state index is -0.277. The normalized spacial score (nSPS) is 10.7. The van der Waals surface area contributed by atoms with Crippen LogP contribution in [0.3, 0.4) is 0 Å². The van der Waals surface area contributed by atoms with Gasteiger partial charge < -0.3 is 4.52 Å². The monoisotopic (exact) mass is 269 g/mol. The van der Waals surface area contributed by atoms with Crippen LogP contribution in [-0.4, -0.2) is 15.1 Å². The Labute approximate surface area is 115 Å². The Hall–Kier alpha value is -2.56. The number of aryl methyl sites for hydroxylation is 1. The van der Waals surface area contributed by atoms with Gasteiger partial charge in [0, 0.05) is 24.4 Å². The molecule has 3 rings (SSSR count). The van der Waals surface area contributed by atoms with Gasteiger partial charge in [-0.2, -0.15) is 4.98 Å². The Balaban J connectivity index is 1.87. The molecule has 0 fully saturated rings. The molecule has 0 unspecified atom stereocenters. The van der Waals surface area contributed by atoms with Gasteiger partial charge in [-0.25, -0.2) is 4.39 Å². The number of hydrogen-bond acceptors (Lipinski definition) is 4. The van der Waals surface area contributed by atoms with Gasteiger partial charge in [-0.05, 0) is 42.3 Å². The smallest absolute Gasteiger partial charge is 0.258 e. The maximum Gasteiger partial charge on any atom is 0.258 e. The highest BCUT2D eigenvalue weighted by atomic mass is 19.1. The van der Waals surface area contributed by atoms with Crippen molar-refractivity contribution >= 4 is 0 Å². The van der Waals surface area contributed by atoms with Crippen molar-refractivity contribution in [3.8, 4) is 11.5 Å². The third kappa shape index (κ3) is 2.56. The number of pyridine rings is 1. The number of halogens is 1. The fourth-order valence-electron chi connectivity index (χ4n) is 1.99. The van der Waals surface area contributed by atoms with Crippen LogP contribution in [0.15, 0.2) is 47.2 Å². The van der Waals surface area contributed by atoms with Gasteiger partial charge in [0.1, 0.15) is 5.82 Å². The fourth-order valence-corrected chi connectivity index (χ4v) is 1.99. The van der Waals surface area contributed by atoms with E-state index < -0.39 is 0 Å². The van der Waals surface area contributed by atoms with Crippen LogP contribution in [0.1, 0.15) is 17.0 Å². The predicted molar refractivity (Wildman–Crippen MR) is 71.5 cm³/mol. The number of rotatable bonds is 3. The van der Waals surface area contributed by atoms with Crippen molar-refractivity contribution in [1.29, 1.82) is 0 Å². The molecule has 100 valence electrons. The largest absolute Gasteiger partial charge is 0.334 e. The van der Waals surface area contributed by atoms with Gasteiger partial charge in [0.2, 0.25) is 0 Å². The van der Waals surface area contributed by atoms with Gasteiger partial charge >= 0.3 is 0 Å². The first-order valence-corrected chi connectivity index (χ1v) is 6.20. The summed E-state index contributed by atoms with van der Waals surface area (Å²) in [6.45, 7) is 1.81. The maximum atomic E-state index is 13.1. The average Bonchev–Trinajstić information content (AvgIpc) is 2.88. The Kier molecular flexibility index (Phi) is 3.25. The van der Waals surface area contributed by atoms with Gasteiger partial charge in [0.15, 0.2) is 5.82 Å². The third-order valence-electron chi connectivity index (χ3n) is 2.97. The Morgan fingerprint density at radius 1 is 1.25 bits per heavy atom. The van der Waals surface area contributed by atoms with Gasteiger partial charge in [0.25, 0.3) is 5.89 Å². The molecule has 0 spiro atoms. The molecule has 1 aromatic carbocycles.